The Kier molecular flexibility index (Phi) is 4.52. The summed E-state index contributed by atoms with van der Waals surface area (Å²) in [6.45, 7) is 3.46. The fraction of sp³-hybridized carbons (Fsp3) is 0.263. The first-order chi connectivity index (χ1) is 11.4. The molecule has 1 heterocycles. The van der Waals surface area contributed by atoms with Gasteiger partial charge < -0.3 is 4.74 Å². The molecule has 3 unspecified atom stereocenters. The summed E-state index contributed by atoms with van der Waals surface area (Å²) in [7, 11) is 0. The zero-order chi connectivity index (χ0) is 17.4. The molecule has 0 spiro atoms. The van der Waals surface area contributed by atoms with Crippen molar-refractivity contribution in [2.24, 2.45) is 5.92 Å². The second-order valence-corrected chi connectivity index (χ2v) is 6.44. The van der Waals surface area contributed by atoms with E-state index in [1.807, 2.05) is 6.92 Å². The van der Waals surface area contributed by atoms with Crippen molar-refractivity contribution >= 4 is 23.2 Å². The van der Waals surface area contributed by atoms with Gasteiger partial charge in [-0.1, -0.05) is 36.7 Å². The van der Waals surface area contributed by atoms with Gasteiger partial charge in [-0.25, -0.2) is 4.39 Å². The molecular formula is C19H16ClFO3. The van der Waals surface area contributed by atoms with Gasteiger partial charge in [-0.15, -0.1) is 0 Å². The number of benzene rings is 2. The van der Waals surface area contributed by atoms with E-state index in [1.165, 1.54) is 12.1 Å². The van der Waals surface area contributed by atoms with Crippen molar-refractivity contribution in [3.63, 3.8) is 0 Å². The molecule has 0 N–H and O–H groups in total. The molecule has 3 nitrogen and oxygen atoms in total. The number of hydrogen-bond acceptors (Lipinski definition) is 3. The third kappa shape index (κ3) is 2.99. The van der Waals surface area contributed by atoms with E-state index < -0.39 is 29.7 Å². The summed E-state index contributed by atoms with van der Waals surface area (Å²) in [5.41, 5.74) is 2.07. The van der Waals surface area contributed by atoms with E-state index in [-0.39, 0.29) is 5.82 Å². The Hall–Kier alpha value is -2.04. The minimum Gasteiger partial charge on any atom is -0.356 e. The van der Waals surface area contributed by atoms with Crippen LogP contribution >= 0.6 is 11.6 Å². The molecule has 0 radical (unpaired) electrons. The van der Waals surface area contributed by atoms with Crippen LogP contribution in [0.4, 0.5) is 4.39 Å². The van der Waals surface area contributed by atoms with E-state index in [0.717, 1.165) is 5.56 Å². The van der Waals surface area contributed by atoms with Gasteiger partial charge in [0.15, 0.2) is 0 Å². The van der Waals surface area contributed by atoms with Crippen LogP contribution in [-0.2, 0) is 14.3 Å². The number of carbonyl (C=O) groups excluding carboxylic acids is 2. The Balaban J connectivity index is 2.00. The van der Waals surface area contributed by atoms with Gasteiger partial charge in [-0.3, -0.25) is 9.59 Å². The predicted octanol–water partition coefficient (Wildman–Crippen LogP) is 4.37. The highest BCUT2D eigenvalue weighted by Gasteiger charge is 2.43. The molecular weight excluding hydrogens is 331 g/mol. The average molecular weight is 347 g/mol. The van der Waals surface area contributed by atoms with Crippen LogP contribution in [0.1, 0.15) is 35.8 Å². The molecule has 1 aliphatic rings. The number of ketones is 2. The lowest BCUT2D eigenvalue weighted by molar-refractivity contribution is -0.163. The summed E-state index contributed by atoms with van der Waals surface area (Å²) in [4.78, 5) is 24.8. The molecule has 3 rings (SSSR count). The quantitative estimate of drug-likeness (QED) is 0.758. The lowest BCUT2D eigenvalue weighted by atomic mass is 9.84. The lowest BCUT2D eigenvalue weighted by Crippen LogP contribution is -2.39. The van der Waals surface area contributed by atoms with Crippen molar-refractivity contribution in [3.8, 4) is 0 Å². The zero-order valence-electron chi connectivity index (χ0n) is 13.3. The molecule has 0 aromatic heterocycles. The predicted molar refractivity (Wildman–Crippen MR) is 88.3 cm³/mol. The number of aryl methyl sites for hydroxylation is 1. The van der Waals surface area contributed by atoms with Crippen molar-refractivity contribution in [2.45, 2.75) is 26.1 Å². The Morgan fingerprint density at radius 3 is 2.33 bits per heavy atom. The van der Waals surface area contributed by atoms with Crippen LogP contribution in [-0.4, -0.2) is 11.6 Å². The van der Waals surface area contributed by atoms with Crippen LogP contribution in [0.2, 0.25) is 5.02 Å². The molecule has 1 saturated heterocycles. The molecule has 124 valence electrons. The van der Waals surface area contributed by atoms with Gasteiger partial charge in [-0.2, -0.15) is 0 Å². The summed E-state index contributed by atoms with van der Waals surface area (Å²) in [5, 5.41) is 0.550. The van der Waals surface area contributed by atoms with Gasteiger partial charge in [0, 0.05) is 5.02 Å². The molecule has 0 saturated carbocycles. The van der Waals surface area contributed by atoms with Crippen molar-refractivity contribution in [2.75, 3.05) is 0 Å². The SMILES string of the molecule is Cc1cc(Cl)ccc1C1OC(c2ccc(F)cc2)C(C)C(=O)C1=O. The number of Topliss-reactive ketones (excluding diaryl/α,β-unsaturated/α-hetero) is 2. The van der Waals surface area contributed by atoms with Gasteiger partial charge >= 0.3 is 0 Å². The maximum atomic E-state index is 13.1. The highest BCUT2D eigenvalue weighted by Crippen LogP contribution is 2.39. The summed E-state index contributed by atoms with van der Waals surface area (Å²) < 4.78 is 19.1. The second kappa shape index (κ2) is 6.46. The van der Waals surface area contributed by atoms with Gasteiger partial charge in [0.25, 0.3) is 0 Å². The third-order valence-corrected chi connectivity index (χ3v) is 4.58. The fourth-order valence-electron chi connectivity index (χ4n) is 2.98. The standard InChI is InChI=1S/C19H16ClFO3/c1-10-9-13(20)5-8-15(10)19-17(23)16(22)11(2)18(24-19)12-3-6-14(21)7-4-12/h3-9,11,18-19H,1-2H3. The molecule has 24 heavy (non-hydrogen) atoms. The zero-order valence-corrected chi connectivity index (χ0v) is 14.0. The fourth-order valence-corrected chi connectivity index (χ4v) is 3.21. The smallest absolute Gasteiger partial charge is 0.231 e. The van der Waals surface area contributed by atoms with Crippen LogP contribution in [0.25, 0.3) is 0 Å². The average Bonchev–Trinajstić information content (AvgIpc) is 2.55. The Bertz CT molecular complexity index is 801. The van der Waals surface area contributed by atoms with Crippen LogP contribution in [0.15, 0.2) is 42.5 Å². The number of rotatable bonds is 2. The summed E-state index contributed by atoms with van der Waals surface area (Å²) in [5.74, 6) is -2.03. The maximum absolute atomic E-state index is 13.1. The van der Waals surface area contributed by atoms with Crippen molar-refractivity contribution < 1.29 is 18.7 Å². The van der Waals surface area contributed by atoms with Gasteiger partial charge in [0.2, 0.25) is 11.6 Å². The molecule has 5 heteroatoms. The van der Waals surface area contributed by atoms with Gasteiger partial charge in [-0.05, 0) is 47.9 Å². The van der Waals surface area contributed by atoms with E-state index in [4.69, 9.17) is 16.3 Å². The van der Waals surface area contributed by atoms with Crippen molar-refractivity contribution in [3.05, 3.63) is 70.0 Å². The van der Waals surface area contributed by atoms with Crippen LogP contribution in [0.5, 0.6) is 0 Å². The first-order valence-electron chi connectivity index (χ1n) is 7.63. The van der Waals surface area contributed by atoms with Crippen LogP contribution in [0, 0.1) is 18.7 Å². The van der Waals surface area contributed by atoms with E-state index in [9.17, 15) is 14.0 Å². The first kappa shape index (κ1) is 16.8. The second-order valence-electron chi connectivity index (χ2n) is 6.01. The number of hydrogen-bond donors (Lipinski definition) is 0. The van der Waals surface area contributed by atoms with E-state index in [0.29, 0.717) is 16.1 Å². The lowest BCUT2D eigenvalue weighted by Gasteiger charge is -2.33. The molecule has 1 fully saturated rings. The molecule has 2 aromatic carbocycles. The minimum absolute atomic E-state index is 0.366. The summed E-state index contributed by atoms with van der Waals surface area (Å²) in [6.07, 6.45) is -1.57. The van der Waals surface area contributed by atoms with Crippen LogP contribution < -0.4 is 0 Å². The first-order valence-corrected chi connectivity index (χ1v) is 8.01. The van der Waals surface area contributed by atoms with Crippen LogP contribution in [0.3, 0.4) is 0 Å². The molecule has 3 atom stereocenters. The number of carbonyl (C=O) groups is 2. The summed E-state index contributed by atoms with van der Waals surface area (Å²) >= 11 is 5.96. The highest BCUT2D eigenvalue weighted by atomic mass is 35.5. The van der Waals surface area contributed by atoms with Crippen molar-refractivity contribution in [1.29, 1.82) is 0 Å². The Morgan fingerprint density at radius 1 is 1.04 bits per heavy atom. The molecule has 0 amide bonds. The van der Waals surface area contributed by atoms with E-state index in [1.54, 1.807) is 37.3 Å². The van der Waals surface area contributed by atoms with E-state index >= 15 is 0 Å². The van der Waals surface area contributed by atoms with Gasteiger partial charge in [0.1, 0.15) is 11.9 Å². The Morgan fingerprint density at radius 2 is 1.71 bits per heavy atom. The third-order valence-electron chi connectivity index (χ3n) is 4.34. The normalized spacial score (nSPS) is 24.2. The van der Waals surface area contributed by atoms with Gasteiger partial charge in [0.05, 0.1) is 12.0 Å². The minimum atomic E-state index is -0.971. The number of ether oxygens (including phenoxy) is 1. The van der Waals surface area contributed by atoms with Crippen molar-refractivity contribution in [1.82, 2.24) is 0 Å². The summed E-state index contributed by atoms with van der Waals surface area (Å²) in [6, 6.07) is 10.9. The topological polar surface area (TPSA) is 43.4 Å². The van der Waals surface area contributed by atoms with E-state index in [2.05, 4.69) is 0 Å². The molecule has 1 aliphatic heterocycles. The largest absolute Gasteiger partial charge is 0.356 e. The molecule has 2 aromatic rings. The highest BCUT2D eigenvalue weighted by molar-refractivity contribution is 6.40. The maximum Gasteiger partial charge on any atom is 0.231 e. The molecule has 0 aliphatic carbocycles. The number of halogens is 2. The molecule has 0 bridgehead atoms. The Labute approximate surface area is 144 Å². The monoisotopic (exact) mass is 346 g/mol.